The maximum Gasteiger partial charge on any atom is 0.269 e. The van der Waals surface area contributed by atoms with E-state index < -0.39 is 4.92 Å². The predicted molar refractivity (Wildman–Crippen MR) is 108 cm³/mol. The number of halogens is 2. The molecule has 0 unspecified atom stereocenters. The molecule has 1 aliphatic rings. The summed E-state index contributed by atoms with van der Waals surface area (Å²) in [5.74, 6) is -0.337. The second-order valence-electron chi connectivity index (χ2n) is 6.23. The molecule has 0 radical (unpaired) electrons. The number of hydrogen-bond acceptors (Lipinski definition) is 4. The van der Waals surface area contributed by atoms with E-state index in [1.165, 1.54) is 24.3 Å². The van der Waals surface area contributed by atoms with Crippen molar-refractivity contribution in [2.24, 2.45) is 0 Å². The molecule has 0 bridgehead atoms. The minimum Gasteiger partial charge on any atom is -0.346 e. The molecule has 1 aliphatic heterocycles. The van der Waals surface area contributed by atoms with Gasteiger partial charge in [0.1, 0.15) is 5.82 Å². The summed E-state index contributed by atoms with van der Waals surface area (Å²) in [6.07, 6.45) is 0. The average Bonchev–Trinajstić information content (AvgIpc) is 2.65. The Morgan fingerprint density at radius 3 is 2.44 bits per heavy atom. The third kappa shape index (κ3) is 5.12. The van der Waals surface area contributed by atoms with Gasteiger partial charge < -0.3 is 10.2 Å². The number of non-ortho nitro benzene ring substituents is 1. The van der Waals surface area contributed by atoms with E-state index in [4.69, 9.17) is 23.8 Å². The van der Waals surface area contributed by atoms with Gasteiger partial charge in [-0.2, -0.15) is 0 Å². The minimum atomic E-state index is -0.436. The zero-order chi connectivity index (χ0) is 19.4. The summed E-state index contributed by atoms with van der Waals surface area (Å²) < 4.78 is 13.1. The van der Waals surface area contributed by atoms with Crippen molar-refractivity contribution in [3.05, 3.63) is 69.0 Å². The first kappa shape index (κ1) is 19.5. The Hall–Kier alpha value is -2.29. The molecule has 2 aromatic carbocycles. The molecular weight excluding hydrogens is 391 g/mol. The Morgan fingerprint density at radius 1 is 1.19 bits per heavy atom. The van der Waals surface area contributed by atoms with Crippen molar-refractivity contribution in [2.45, 2.75) is 6.54 Å². The molecule has 2 aromatic rings. The predicted octanol–water partition coefficient (Wildman–Crippen LogP) is 3.90. The van der Waals surface area contributed by atoms with Crippen LogP contribution in [0.3, 0.4) is 0 Å². The van der Waals surface area contributed by atoms with Crippen LogP contribution in [0.4, 0.5) is 15.8 Å². The standard InChI is InChI=1S/C18H18ClFN4O2S/c19-17-11-14(20)2-1-13(17)12-22-7-9-23(10-8-22)18(27)21-15-3-5-16(6-4-15)24(25)26/h1-6,11H,7-10,12H2,(H,21,27). The van der Waals surface area contributed by atoms with Crippen LogP contribution < -0.4 is 5.32 Å². The fraction of sp³-hybridized carbons (Fsp3) is 0.278. The van der Waals surface area contributed by atoms with Crippen LogP contribution in [-0.4, -0.2) is 46.0 Å². The Kier molecular flexibility index (Phi) is 6.20. The largest absolute Gasteiger partial charge is 0.346 e. The number of benzene rings is 2. The molecule has 27 heavy (non-hydrogen) atoms. The van der Waals surface area contributed by atoms with E-state index in [1.54, 1.807) is 18.2 Å². The smallest absolute Gasteiger partial charge is 0.269 e. The Morgan fingerprint density at radius 2 is 1.85 bits per heavy atom. The number of anilines is 1. The first-order valence-electron chi connectivity index (χ1n) is 8.39. The second-order valence-corrected chi connectivity index (χ2v) is 7.03. The van der Waals surface area contributed by atoms with Gasteiger partial charge in [0.2, 0.25) is 0 Å². The molecule has 3 rings (SSSR count). The Bertz CT molecular complexity index is 842. The van der Waals surface area contributed by atoms with E-state index in [1.807, 2.05) is 0 Å². The fourth-order valence-electron chi connectivity index (χ4n) is 2.87. The van der Waals surface area contributed by atoms with E-state index in [-0.39, 0.29) is 11.5 Å². The number of nitro benzene ring substituents is 1. The van der Waals surface area contributed by atoms with Crippen LogP contribution in [0, 0.1) is 15.9 Å². The first-order valence-corrected chi connectivity index (χ1v) is 9.17. The molecular formula is C18H18ClFN4O2S. The highest BCUT2D eigenvalue weighted by Gasteiger charge is 2.20. The maximum atomic E-state index is 13.1. The number of nitrogens with zero attached hydrogens (tertiary/aromatic N) is 3. The van der Waals surface area contributed by atoms with Crippen LogP contribution in [0.25, 0.3) is 0 Å². The number of thiocarbonyl (C=S) groups is 1. The number of hydrogen-bond donors (Lipinski definition) is 1. The summed E-state index contributed by atoms with van der Waals surface area (Å²) in [5.41, 5.74) is 1.66. The third-order valence-electron chi connectivity index (χ3n) is 4.40. The number of nitro groups is 1. The fourth-order valence-corrected chi connectivity index (χ4v) is 3.40. The summed E-state index contributed by atoms with van der Waals surface area (Å²) in [4.78, 5) is 14.6. The van der Waals surface area contributed by atoms with Gasteiger partial charge in [-0.25, -0.2) is 4.39 Å². The van der Waals surface area contributed by atoms with Crippen LogP contribution in [0.2, 0.25) is 5.02 Å². The van der Waals surface area contributed by atoms with E-state index in [2.05, 4.69) is 15.1 Å². The zero-order valence-corrected chi connectivity index (χ0v) is 16.0. The minimum absolute atomic E-state index is 0.0412. The number of nitrogens with one attached hydrogen (secondary N) is 1. The highest BCUT2D eigenvalue weighted by molar-refractivity contribution is 7.80. The molecule has 1 saturated heterocycles. The third-order valence-corrected chi connectivity index (χ3v) is 5.11. The highest BCUT2D eigenvalue weighted by Crippen LogP contribution is 2.20. The van der Waals surface area contributed by atoms with Gasteiger partial charge in [-0.3, -0.25) is 15.0 Å². The van der Waals surface area contributed by atoms with Crippen molar-refractivity contribution in [1.82, 2.24) is 9.80 Å². The molecule has 0 aliphatic carbocycles. The summed E-state index contributed by atoms with van der Waals surface area (Å²) in [7, 11) is 0. The summed E-state index contributed by atoms with van der Waals surface area (Å²) in [5, 5.41) is 14.8. The van der Waals surface area contributed by atoms with Crippen molar-refractivity contribution in [3.8, 4) is 0 Å². The van der Waals surface area contributed by atoms with Crippen LogP contribution in [0.5, 0.6) is 0 Å². The number of rotatable bonds is 4. The normalized spacial score (nSPS) is 14.8. The van der Waals surface area contributed by atoms with Gasteiger partial charge in [0.05, 0.1) is 4.92 Å². The van der Waals surface area contributed by atoms with Gasteiger partial charge in [-0.05, 0) is 42.0 Å². The van der Waals surface area contributed by atoms with Crippen LogP contribution in [0.1, 0.15) is 5.56 Å². The molecule has 0 amide bonds. The molecule has 1 fully saturated rings. The quantitative estimate of drug-likeness (QED) is 0.470. The lowest BCUT2D eigenvalue weighted by atomic mass is 10.2. The molecule has 0 saturated carbocycles. The SMILES string of the molecule is O=[N+]([O-])c1ccc(NC(=S)N2CCN(Cc3ccc(F)cc3Cl)CC2)cc1. The van der Waals surface area contributed by atoms with E-state index >= 15 is 0 Å². The van der Waals surface area contributed by atoms with E-state index in [0.29, 0.717) is 22.4 Å². The van der Waals surface area contributed by atoms with Gasteiger partial charge in [0, 0.05) is 55.6 Å². The summed E-state index contributed by atoms with van der Waals surface area (Å²) >= 11 is 11.5. The molecule has 1 N–H and O–H groups in total. The van der Waals surface area contributed by atoms with Crippen molar-refractivity contribution >= 4 is 40.3 Å². The molecule has 0 aromatic heterocycles. The van der Waals surface area contributed by atoms with E-state index in [9.17, 15) is 14.5 Å². The number of piperazine rings is 1. The van der Waals surface area contributed by atoms with Gasteiger partial charge in [0.15, 0.2) is 5.11 Å². The van der Waals surface area contributed by atoms with E-state index in [0.717, 1.165) is 31.7 Å². The highest BCUT2D eigenvalue weighted by atomic mass is 35.5. The summed E-state index contributed by atoms with van der Waals surface area (Å²) in [6.45, 7) is 3.76. The van der Waals surface area contributed by atoms with Gasteiger partial charge >= 0.3 is 0 Å². The van der Waals surface area contributed by atoms with Gasteiger partial charge in [-0.15, -0.1) is 0 Å². The topological polar surface area (TPSA) is 61.7 Å². The lowest BCUT2D eigenvalue weighted by molar-refractivity contribution is -0.384. The molecule has 142 valence electrons. The van der Waals surface area contributed by atoms with Crippen molar-refractivity contribution in [1.29, 1.82) is 0 Å². The lowest BCUT2D eigenvalue weighted by Gasteiger charge is -2.36. The molecule has 9 heteroatoms. The van der Waals surface area contributed by atoms with Crippen LogP contribution >= 0.6 is 23.8 Å². The molecule has 0 atom stereocenters. The molecule has 6 nitrogen and oxygen atoms in total. The molecule has 1 heterocycles. The Balaban J connectivity index is 1.50. The summed E-state index contributed by atoms with van der Waals surface area (Å²) in [6, 6.07) is 10.6. The van der Waals surface area contributed by atoms with Crippen molar-refractivity contribution in [3.63, 3.8) is 0 Å². The van der Waals surface area contributed by atoms with Gasteiger partial charge in [-0.1, -0.05) is 17.7 Å². The van der Waals surface area contributed by atoms with Crippen molar-refractivity contribution in [2.75, 3.05) is 31.5 Å². The Labute approximate surface area is 166 Å². The van der Waals surface area contributed by atoms with Gasteiger partial charge in [0.25, 0.3) is 5.69 Å². The zero-order valence-electron chi connectivity index (χ0n) is 14.4. The lowest BCUT2D eigenvalue weighted by Crippen LogP contribution is -2.49. The first-order chi connectivity index (χ1) is 12.9. The van der Waals surface area contributed by atoms with Crippen molar-refractivity contribution < 1.29 is 9.31 Å². The monoisotopic (exact) mass is 408 g/mol. The van der Waals surface area contributed by atoms with Crippen LogP contribution in [-0.2, 0) is 6.54 Å². The second kappa shape index (κ2) is 8.60. The maximum absolute atomic E-state index is 13.1. The average molecular weight is 409 g/mol. The molecule has 0 spiro atoms. The van der Waals surface area contributed by atoms with Crippen LogP contribution in [0.15, 0.2) is 42.5 Å².